The Morgan fingerprint density at radius 1 is 0.352 bits per heavy atom. The Morgan fingerprint density at radius 3 is 0.986 bits per heavy atom. The fourth-order valence-corrected chi connectivity index (χ4v) is 9.38. The lowest BCUT2D eigenvalue weighted by Gasteiger charge is -2.19. The minimum atomic E-state index is -0.873. The number of allylic oxidation sites excluding steroid dienone is 13. The minimum absolute atomic E-state index is 0.0746. The van der Waals surface area contributed by atoms with Crippen LogP contribution >= 0.6 is 0 Å². The van der Waals surface area contributed by atoms with E-state index in [0.29, 0.717) is 6.42 Å². The molecule has 412 valence electrons. The van der Waals surface area contributed by atoms with Gasteiger partial charge < -0.3 is 15.5 Å². The molecule has 0 aliphatic carbocycles. The Balaban J connectivity index is 3.50. The molecule has 0 heterocycles. The number of nitrogens with one attached hydrogen (secondary N) is 1. The van der Waals surface area contributed by atoms with Gasteiger partial charge in [-0.25, -0.2) is 0 Å². The van der Waals surface area contributed by atoms with Gasteiger partial charge in [-0.2, -0.15) is 0 Å². The van der Waals surface area contributed by atoms with Crippen molar-refractivity contribution in [3.8, 4) is 0 Å². The summed E-state index contributed by atoms with van der Waals surface area (Å²) in [6.07, 6.45) is 90.7. The number of rotatable bonds is 57. The lowest BCUT2D eigenvalue weighted by Crippen LogP contribution is -2.45. The fraction of sp³-hybridized carbons (Fsp3) is 0.776. The molecule has 71 heavy (non-hydrogen) atoms. The van der Waals surface area contributed by atoms with Gasteiger partial charge in [0.1, 0.15) is 0 Å². The summed E-state index contributed by atoms with van der Waals surface area (Å²) < 4.78 is 0. The molecule has 0 aliphatic rings. The molecule has 0 aliphatic heterocycles. The summed E-state index contributed by atoms with van der Waals surface area (Å²) in [7, 11) is 0. The van der Waals surface area contributed by atoms with Crippen LogP contribution in [0.5, 0.6) is 0 Å². The van der Waals surface area contributed by atoms with Crippen molar-refractivity contribution in [3.05, 3.63) is 85.1 Å². The van der Waals surface area contributed by atoms with Crippen molar-refractivity contribution >= 4 is 5.91 Å². The zero-order chi connectivity index (χ0) is 51.3. The average Bonchev–Trinajstić information content (AvgIpc) is 3.37. The Morgan fingerprint density at radius 2 is 0.634 bits per heavy atom. The largest absolute Gasteiger partial charge is 0.394 e. The normalized spacial score (nSPS) is 13.4. The highest BCUT2D eigenvalue weighted by Crippen LogP contribution is 2.17. The van der Waals surface area contributed by atoms with Crippen LogP contribution in [-0.4, -0.2) is 34.9 Å². The maximum atomic E-state index is 12.5. The van der Waals surface area contributed by atoms with Crippen molar-refractivity contribution in [1.29, 1.82) is 0 Å². The molecule has 1 amide bonds. The molecule has 2 unspecified atom stereocenters. The van der Waals surface area contributed by atoms with E-state index in [-0.39, 0.29) is 12.5 Å². The molecular weight excluding hydrogens is 867 g/mol. The Labute approximate surface area is 443 Å². The number of hydrogen-bond donors (Lipinski definition) is 3. The van der Waals surface area contributed by atoms with Crippen LogP contribution in [0.15, 0.2) is 85.1 Å². The Bertz CT molecular complexity index is 1260. The number of carbonyl (C=O) groups excluding carboxylic acids is 1. The molecule has 0 aromatic carbocycles. The number of aliphatic hydroxyl groups excluding tert-OH is 2. The molecule has 3 N–H and O–H groups in total. The van der Waals surface area contributed by atoms with Crippen molar-refractivity contribution < 1.29 is 15.0 Å². The van der Waals surface area contributed by atoms with Crippen LogP contribution in [0.2, 0.25) is 0 Å². The lowest BCUT2D eigenvalue weighted by atomic mass is 10.0. The standard InChI is InChI=1S/C67H121NO3/c1-3-5-7-9-11-13-15-17-19-21-23-25-27-29-30-31-32-33-34-35-36-37-38-39-41-43-45-47-49-51-53-55-57-59-61-63-67(71)68-65(64-69)66(70)62-60-58-56-54-52-50-48-46-44-42-40-28-26-24-22-20-18-16-14-12-10-8-6-4-2/h5,7,11,13,17,19,23,25,44,46,52,54,60,62,65-66,69-70H,3-4,6,8-10,12,14-16,18,20-22,24,26-43,45,47-51,53,55-59,61,63-64H2,1-2H3,(H,68,71)/b7-5-,13-11-,19-17-,25-23-,46-44+,54-52+,62-60+. The molecule has 0 aromatic heterocycles. The molecule has 0 bridgehead atoms. The van der Waals surface area contributed by atoms with Crippen LogP contribution in [0.1, 0.15) is 316 Å². The molecule has 0 saturated heterocycles. The van der Waals surface area contributed by atoms with Gasteiger partial charge in [0.15, 0.2) is 0 Å². The van der Waals surface area contributed by atoms with Crippen LogP contribution < -0.4 is 5.32 Å². The van der Waals surface area contributed by atoms with E-state index in [2.05, 4.69) is 92.1 Å². The topological polar surface area (TPSA) is 69.6 Å². The molecule has 0 saturated carbocycles. The van der Waals surface area contributed by atoms with Crippen molar-refractivity contribution in [1.82, 2.24) is 5.32 Å². The fourth-order valence-electron chi connectivity index (χ4n) is 9.38. The first-order chi connectivity index (χ1) is 35.2. The first kappa shape index (κ1) is 68.6. The highest BCUT2D eigenvalue weighted by atomic mass is 16.3. The molecule has 0 rings (SSSR count). The van der Waals surface area contributed by atoms with Crippen LogP contribution in [0.4, 0.5) is 0 Å². The summed E-state index contributed by atoms with van der Waals surface area (Å²) in [5.74, 6) is -0.0746. The summed E-state index contributed by atoms with van der Waals surface area (Å²) in [5.41, 5.74) is 0. The highest BCUT2D eigenvalue weighted by molar-refractivity contribution is 5.76. The zero-order valence-corrected chi connectivity index (χ0v) is 47.5. The van der Waals surface area contributed by atoms with Crippen molar-refractivity contribution in [3.63, 3.8) is 0 Å². The Kier molecular flexibility index (Phi) is 59.8. The third-order valence-electron chi connectivity index (χ3n) is 14.1. The van der Waals surface area contributed by atoms with E-state index in [1.54, 1.807) is 6.08 Å². The summed E-state index contributed by atoms with van der Waals surface area (Å²) >= 11 is 0. The van der Waals surface area contributed by atoms with E-state index < -0.39 is 12.1 Å². The quantitative estimate of drug-likeness (QED) is 0.0420. The minimum Gasteiger partial charge on any atom is -0.394 e. The molecule has 4 nitrogen and oxygen atoms in total. The van der Waals surface area contributed by atoms with Gasteiger partial charge in [0, 0.05) is 6.42 Å². The highest BCUT2D eigenvalue weighted by Gasteiger charge is 2.18. The van der Waals surface area contributed by atoms with Crippen LogP contribution in [0.3, 0.4) is 0 Å². The van der Waals surface area contributed by atoms with Crippen molar-refractivity contribution in [2.24, 2.45) is 0 Å². The number of aliphatic hydroxyl groups is 2. The maximum absolute atomic E-state index is 12.5. The van der Waals surface area contributed by atoms with Crippen molar-refractivity contribution in [2.75, 3.05) is 6.61 Å². The smallest absolute Gasteiger partial charge is 0.220 e. The van der Waals surface area contributed by atoms with Crippen molar-refractivity contribution in [2.45, 2.75) is 328 Å². The maximum Gasteiger partial charge on any atom is 0.220 e. The average molecular weight is 989 g/mol. The second kappa shape index (κ2) is 61.9. The van der Waals surface area contributed by atoms with Gasteiger partial charge in [-0.05, 0) is 83.5 Å². The van der Waals surface area contributed by atoms with Gasteiger partial charge in [0.05, 0.1) is 18.8 Å². The Hall–Kier alpha value is -2.43. The lowest BCUT2D eigenvalue weighted by molar-refractivity contribution is -0.123. The summed E-state index contributed by atoms with van der Waals surface area (Å²) in [5, 5.41) is 23.2. The van der Waals surface area contributed by atoms with E-state index in [0.717, 1.165) is 64.2 Å². The number of hydrogen-bond acceptors (Lipinski definition) is 3. The van der Waals surface area contributed by atoms with Gasteiger partial charge in [0.25, 0.3) is 0 Å². The molecular formula is C67H121NO3. The number of unbranched alkanes of at least 4 members (excludes halogenated alkanes) is 38. The molecule has 0 spiro atoms. The first-order valence-corrected chi connectivity index (χ1v) is 31.3. The van der Waals surface area contributed by atoms with Crippen LogP contribution in [0, 0.1) is 0 Å². The number of carbonyl (C=O) groups is 1. The second-order valence-corrected chi connectivity index (χ2v) is 21.1. The third kappa shape index (κ3) is 58.3. The SMILES string of the molecule is CC/C=C\C/C=C\C/C=C\C/C=C\CCCCCCCCCCCCCCCCCCCCCCCCC(=O)NC(CO)C(O)/C=C/CC/C=C/CC/C=C/CCCCCCCCCCCCCCCC. The third-order valence-corrected chi connectivity index (χ3v) is 14.1. The number of amides is 1. The molecule has 2 atom stereocenters. The van der Waals surface area contributed by atoms with E-state index >= 15 is 0 Å². The van der Waals surface area contributed by atoms with Crippen LogP contribution in [0.25, 0.3) is 0 Å². The van der Waals surface area contributed by atoms with E-state index in [1.165, 1.54) is 231 Å². The molecule has 0 aromatic rings. The molecule has 0 radical (unpaired) electrons. The van der Waals surface area contributed by atoms with Gasteiger partial charge in [-0.15, -0.1) is 0 Å². The summed E-state index contributed by atoms with van der Waals surface area (Å²) in [4.78, 5) is 12.5. The predicted molar refractivity (Wildman–Crippen MR) is 317 cm³/mol. The van der Waals surface area contributed by atoms with Crippen LogP contribution in [-0.2, 0) is 4.79 Å². The van der Waals surface area contributed by atoms with Gasteiger partial charge in [0.2, 0.25) is 5.91 Å². The molecule has 0 fully saturated rings. The summed E-state index contributed by atoms with van der Waals surface area (Å²) in [6.45, 7) is 4.20. The van der Waals surface area contributed by atoms with E-state index in [4.69, 9.17) is 0 Å². The summed E-state index contributed by atoms with van der Waals surface area (Å²) in [6, 6.07) is -0.649. The first-order valence-electron chi connectivity index (χ1n) is 31.3. The predicted octanol–water partition coefficient (Wildman–Crippen LogP) is 21.1. The zero-order valence-electron chi connectivity index (χ0n) is 47.5. The second-order valence-electron chi connectivity index (χ2n) is 21.1. The van der Waals surface area contributed by atoms with Gasteiger partial charge in [-0.1, -0.05) is 311 Å². The van der Waals surface area contributed by atoms with Gasteiger partial charge in [-0.3, -0.25) is 4.79 Å². The molecule has 4 heteroatoms. The monoisotopic (exact) mass is 988 g/mol. The van der Waals surface area contributed by atoms with E-state index in [9.17, 15) is 15.0 Å². The van der Waals surface area contributed by atoms with Gasteiger partial charge >= 0.3 is 0 Å². The van der Waals surface area contributed by atoms with E-state index in [1.807, 2.05) is 6.08 Å².